The van der Waals surface area contributed by atoms with Gasteiger partial charge < -0.3 is 39.4 Å². The molecule has 0 bridgehead atoms. The van der Waals surface area contributed by atoms with E-state index in [1.807, 2.05) is 0 Å². The summed E-state index contributed by atoms with van der Waals surface area (Å²) in [4.78, 5) is 54.9. The van der Waals surface area contributed by atoms with E-state index in [1.54, 1.807) is 43.0 Å². The molecule has 52 heavy (non-hydrogen) atoms. The van der Waals surface area contributed by atoms with Crippen LogP contribution in [-0.4, -0.2) is 115 Å². The predicted octanol–water partition coefficient (Wildman–Crippen LogP) is 4.42. The van der Waals surface area contributed by atoms with Gasteiger partial charge in [0.15, 0.2) is 0 Å². The lowest BCUT2D eigenvalue weighted by atomic mass is 10.1. The summed E-state index contributed by atoms with van der Waals surface area (Å²) in [5, 5.41) is 13.4. The largest absolute Gasteiger partial charge is 0.506 e. The zero-order chi connectivity index (χ0) is 38.7. The molecule has 1 heterocycles. The molecule has 3 N–H and O–H groups in total. The highest BCUT2D eigenvalue weighted by atomic mass is 35.5. The number of esters is 2. The number of hydrogen-bond acceptors (Lipinski definition) is 11. The molecule has 0 radical (unpaired) electrons. The molecule has 0 aliphatic heterocycles. The highest BCUT2D eigenvalue weighted by molar-refractivity contribution is 7.16. The van der Waals surface area contributed by atoms with Gasteiger partial charge in [0.05, 0.1) is 11.3 Å². The highest BCUT2D eigenvalue weighted by Gasteiger charge is 2.58. The van der Waals surface area contributed by atoms with Crippen molar-refractivity contribution < 1.29 is 60.0 Å². The van der Waals surface area contributed by atoms with Crippen LogP contribution in [0, 0.1) is 0 Å². The van der Waals surface area contributed by atoms with Gasteiger partial charge in [0.1, 0.15) is 17.9 Å². The summed E-state index contributed by atoms with van der Waals surface area (Å²) in [6.07, 6.45) is -11.3. The lowest BCUT2D eigenvalue weighted by molar-refractivity contribution is -0.278. The maximum Gasteiger partial charge on any atom is 0.491 e. The summed E-state index contributed by atoms with van der Waals surface area (Å²) in [7, 11) is 0. The quantitative estimate of drug-likeness (QED) is 0.0690. The number of likely N-dealkylation sites (N-methyl/N-ethyl adjacent to an activating group) is 1. The molecule has 0 saturated heterocycles. The zero-order valence-corrected chi connectivity index (χ0v) is 29.6. The van der Waals surface area contributed by atoms with Crippen LogP contribution >= 0.6 is 22.9 Å². The molecule has 1 amide bonds. The highest BCUT2D eigenvalue weighted by Crippen LogP contribution is 2.30. The third-order valence-electron chi connectivity index (χ3n) is 7.66. The third-order valence-corrected chi connectivity index (χ3v) is 8.85. The van der Waals surface area contributed by atoms with E-state index in [9.17, 15) is 50.6 Å². The molecule has 0 spiro atoms. The average molecular weight is 787 g/mol. The number of alkyl halides is 6. The number of H-pyrrole nitrogens is 1. The summed E-state index contributed by atoms with van der Waals surface area (Å²) in [6.45, 7) is 2.12. The number of ether oxygens (including phenoxy) is 3. The maximum atomic E-state index is 14.1. The van der Waals surface area contributed by atoms with Crippen LogP contribution in [0.15, 0.2) is 41.2 Å². The monoisotopic (exact) mass is 786 g/mol. The topological polar surface area (TPSA) is 150 Å². The van der Waals surface area contributed by atoms with E-state index in [0.29, 0.717) is 40.4 Å². The first-order chi connectivity index (χ1) is 24.4. The number of benzene rings is 2. The number of carbonyl (C=O) groups is 3. The van der Waals surface area contributed by atoms with Crippen molar-refractivity contribution in [3.8, 4) is 5.75 Å². The Bertz CT molecular complexity index is 1700. The fraction of sp³-hybridized carbons (Fsp3) is 0.500. The molecular weight excluding hydrogens is 750 g/mol. The Morgan fingerprint density at radius 1 is 0.923 bits per heavy atom. The van der Waals surface area contributed by atoms with Crippen LogP contribution in [0.5, 0.6) is 5.75 Å². The second kappa shape index (κ2) is 18.7. The van der Waals surface area contributed by atoms with Gasteiger partial charge in [-0.15, -0.1) is 0 Å². The number of thiazole rings is 1. The van der Waals surface area contributed by atoms with Crippen LogP contribution in [0.4, 0.5) is 26.3 Å². The molecule has 3 rings (SSSR count). The molecule has 1 aromatic heterocycles. The first-order valence-electron chi connectivity index (χ1n) is 15.9. The molecule has 12 nitrogen and oxygen atoms in total. The van der Waals surface area contributed by atoms with Crippen molar-refractivity contribution in [1.82, 2.24) is 20.1 Å². The Kier molecular flexibility index (Phi) is 15.3. The normalized spacial score (nSPS) is 12.3. The van der Waals surface area contributed by atoms with Gasteiger partial charge in [0.25, 0.3) is 0 Å². The molecule has 0 saturated carbocycles. The number of aromatic hydroxyl groups is 1. The van der Waals surface area contributed by atoms with Crippen molar-refractivity contribution >= 4 is 51.0 Å². The summed E-state index contributed by atoms with van der Waals surface area (Å²) < 4.78 is 95.5. The number of nitrogens with one attached hydrogen (secondary N) is 2. The van der Waals surface area contributed by atoms with E-state index in [-0.39, 0.29) is 55.3 Å². The Hall–Kier alpha value is -3.91. The fourth-order valence-electron chi connectivity index (χ4n) is 4.92. The summed E-state index contributed by atoms with van der Waals surface area (Å²) in [6, 6.07) is 9.26. The van der Waals surface area contributed by atoms with Crippen LogP contribution in [0.3, 0.4) is 0 Å². The van der Waals surface area contributed by atoms with Gasteiger partial charge in [0.2, 0.25) is 0 Å². The summed E-state index contributed by atoms with van der Waals surface area (Å²) in [5.74, 6) is -11.8. The van der Waals surface area contributed by atoms with Crippen LogP contribution in [-0.2, 0) is 41.4 Å². The molecule has 2 aromatic carbocycles. The molecule has 288 valence electrons. The lowest BCUT2D eigenvalue weighted by Crippen LogP contribution is -2.60. The Labute approximate surface area is 302 Å². The molecule has 0 aliphatic rings. The number of nitrogens with zero attached hydrogens (tertiary/aromatic N) is 2. The number of aromatic amines is 1. The number of amides is 1. The van der Waals surface area contributed by atoms with Gasteiger partial charge in [-0.2, -0.15) is 26.3 Å². The molecule has 0 aliphatic carbocycles. The first kappa shape index (κ1) is 42.5. The van der Waals surface area contributed by atoms with E-state index in [0.717, 1.165) is 16.2 Å². The van der Waals surface area contributed by atoms with Gasteiger partial charge in [0, 0.05) is 31.2 Å². The molecule has 3 aromatic rings. The SMILES string of the molecule is CCN(CC)CCN(CCNCCc1ccc(O)c2[nH]c(=O)sc12)C(=O)C(COCCc1cccc(Cl)c1)(OC(=O)C(F)(F)F)OC(=O)C(F)(F)F. The Morgan fingerprint density at radius 3 is 2.17 bits per heavy atom. The van der Waals surface area contributed by atoms with Crippen molar-refractivity contribution in [2.75, 3.05) is 59.0 Å². The van der Waals surface area contributed by atoms with Crippen LogP contribution < -0.4 is 10.2 Å². The zero-order valence-electron chi connectivity index (χ0n) is 28.0. The number of halogens is 7. The van der Waals surface area contributed by atoms with Crippen molar-refractivity contribution in [3.63, 3.8) is 0 Å². The second-order valence-electron chi connectivity index (χ2n) is 11.2. The lowest BCUT2D eigenvalue weighted by Gasteiger charge is -2.36. The number of aromatic nitrogens is 1. The van der Waals surface area contributed by atoms with Gasteiger partial charge in [-0.25, -0.2) is 9.59 Å². The third kappa shape index (κ3) is 12.1. The van der Waals surface area contributed by atoms with E-state index < -0.39 is 49.2 Å². The number of carbonyl (C=O) groups excluding carboxylic acids is 3. The number of hydrogen-bond donors (Lipinski definition) is 3. The van der Waals surface area contributed by atoms with Crippen LogP contribution in [0.1, 0.15) is 25.0 Å². The van der Waals surface area contributed by atoms with E-state index >= 15 is 0 Å². The van der Waals surface area contributed by atoms with Crippen molar-refractivity contribution in [3.05, 3.63) is 62.2 Å². The summed E-state index contributed by atoms with van der Waals surface area (Å²) in [5.41, 5.74) is 1.49. The molecule has 0 unspecified atom stereocenters. The summed E-state index contributed by atoms with van der Waals surface area (Å²) >= 11 is 6.84. The molecule has 20 heteroatoms. The van der Waals surface area contributed by atoms with Gasteiger partial charge >= 0.3 is 40.9 Å². The number of rotatable bonds is 19. The minimum absolute atomic E-state index is 0.00777. The predicted molar refractivity (Wildman–Crippen MR) is 178 cm³/mol. The number of phenolic OH excluding ortho intramolecular Hbond substituents is 1. The minimum atomic E-state index is -5.81. The van der Waals surface area contributed by atoms with Gasteiger partial charge in [-0.05, 0) is 61.8 Å². The van der Waals surface area contributed by atoms with Crippen LogP contribution in [0.2, 0.25) is 5.02 Å². The van der Waals surface area contributed by atoms with Gasteiger partial charge in [-0.1, -0.05) is 55.0 Å². The molecular formula is C32H37ClF6N4O8S. The first-order valence-corrected chi connectivity index (χ1v) is 17.1. The van der Waals surface area contributed by atoms with Gasteiger partial charge in [-0.3, -0.25) is 9.59 Å². The Morgan fingerprint density at radius 2 is 1.58 bits per heavy atom. The standard InChI is InChI=1S/C32H37ClF6N4O8S/c1-3-42(4-2)15-16-43(14-13-40-12-10-21-8-9-23(44)24-25(21)52-29(48)41-24)26(45)30(50-27(46)31(34,35)36,51-28(47)32(37,38)39)19-49-17-11-20-6-5-7-22(33)18-20/h5-9,18,40,44H,3-4,10-17,19H2,1-2H3,(H,41,48). The number of phenols is 1. The van der Waals surface area contributed by atoms with E-state index in [1.165, 1.54) is 12.1 Å². The molecule has 0 fully saturated rings. The smallest absolute Gasteiger partial charge is 0.491 e. The maximum absolute atomic E-state index is 14.1. The molecule has 0 atom stereocenters. The van der Waals surface area contributed by atoms with Crippen molar-refractivity contribution in [1.29, 1.82) is 0 Å². The second-order valence-corrected chi connectivity index (χ2v) is 12.7. The average Bonchev–Trinajstić information content (AvgIpc) is 3.48. The van der Waals surface area contributed by atoms with Crippen molar-refractivity contribution in [2.45, 2.75) is 44.8 Å². The number of fused-ring (bicyclic) bond motifs is 1. The van der Waals surface area contributed by atoms with Crippen molar-refractivity contribution in [2.24, 2.45) is 0 Å². The van der Waals surface area contributed by atoms with E-state index in [4.69, 9.17) is 16.3 Å². The van der Waals surface area contributed by atoms with Crippen LogP contribution in [0.25, 0.3) is 10.2 Å². The Balaban J connectivity index is 1.90. The minimum Gasteiger partial charge on any atom is -0.506 e. The fourth-order valence-corrected chi connectivity index (χ4v) is 6.03. The van der Waals surface area contributed by atoms with E-state index in [2.05, 4.69) is 19.8 Å².